The Bertz CT molecular complexity index is 555. The van der Waals surface area contributed by atoms with Gasteiger partial charge in [0.05, 0.1) is 4.47 Å². The minimum Gasteiger partial charge on any atom is -0.478 e. The van der Waals surface area contributed by atoms with Gasteiger partial charge in [0.15, 0.2) is 0 Å². The van der Waals surface area contributed by atoms with Crippen molar-refractivity contribution >= 4 is 28.0 Å². The van der Waals surface area contributed by atoms with E-state index in [0.29, 0.717) is 11.5 Å². The molecule has 0 saturated carbocycles. The number of carboxylic acid groups (broad SMARTS) is 1. The van der Waals surface area contributed by atoms with Gasteiger partial charge in [0, 0.05) is 11.6 Å². The lowest BCUT2D eigenvalue weighted by Gasteiger charge is -1.96. The molecule has 0 fully saturated rings. The summed E-state index contributed by atoms with van der Waals surface area (Å²) in [5, 5.41) is 8.53. The van der Waals surface area contributed by atoms with Gasteiger partial charge in [0.25, 0.3) is 0 Å². The Kier molecular flexibility index (Phi) is 3.44. The zero-order valence-electron chi connectivity index (χ0n) is 8.76. The van der Waals surface area contributed by atoms with Crippen LogP contribution < -0.4 is 0 Å². The Hall–Kier alpha value is -1.81. The van der Waals surface area contributed by atoms with Gasteiger partial charge in [0.2, 0.25) is 0 Å². The van der Waals surface area contributed by atoms with Crippen molar-refractivity contribution in [2.45, 2.75) is 0 Å². The van der Waals surface area contributed by atoms with E-state index in [1.165, 1.54) is 6.08 Å². The van der Waals surface area contributed by atoms with Crippen molar-refractivity contribution in [3.05, 3.63) is 52.7 Å². The minimum atomic E-state index is -1.00. The number of carboxylic acids is 1. The van der Waals surface area contributed by atoms with Crippen LogP contribution in [0.15, 0.2) is 51.4 Å². The molecule has 0 atom stereocenters. The molecular weight excluding hydrogens is 284 g/mol. The molecule has 0 bridgehead atoms. The van der Waals surface area contributed by atoms with Crippen LogP contribution in [0.25, 0.3) is 17.4 Å². The third kappa shape index (κ3) is 2.85. The highest BCUT2D eigenvalue weighted by atomic mass is 79.9. The quantitative estimate of drug-likeness (QED) is 0.875. The van der Waals surface area contributed by atoms with Gasteiger partial charge < -0.3 is 9.52 Å². The number of aliphatic carboxylic acids is 1. The lowest BCUT2D eigenvalue weighted by Crippen LogP contribution is -1.84. The molecule has 0 radical (unpaired) electrons. The average Bonchev–Trinajstić information content (AvgIpc) is 2.69. The second kappa shape index (κ2) is 5.01. The first-order chi connectivity index (χ1) is 8.16. The van der Waals surface area contributed by atoms with Crippen LogP contribution >= 0.6 is 15.9 Å². The molecule has 0 amide bonds. The predicted octanol–water partition coefficient (Wildman–Crippen LogP) is 3.81. The molecule has 0 saturated heterocycles. The largest absolute Gasteiger partial charge is 0.478 e. The predicted molar refractivity (Wildman–Crippen MR) is 68.5 cm³/mol. The minimum absolute atomic E-state index is 0.498. The highest BCUT2D eigenvalue weighted by molar-refractivity contribution is 9.10. The molecule has 1 heterocycles. The van der Waals surface area contributed by atoms with Gasteiger partial charge in [-0.3, -0.25) is 0 Å². The molecule has 2 rings (SSSR count). The maximum atomic E-state index is 10.4. The topological polar surface area (TPSA) is 50.4 Å². The molecule has 0 aliphatic rings. The molecule has 1 aromatic carbocycles. The van der Waals surface area contributed by atoms with E-state index >= 15 is 0 Å². The first-order valence-electron chi connectivity index (χ1n) is 4.92. The Morgan fingerprint density at radius 3 is 2.65 bits per heavy atom. The first kappa shape index (κ1) is 11.7. The van der Waals surface area contributed by atoms with Crippen LogP contribution in [-0.4, -0.2) is 11.1 Å². The van der Waals surface area contributed by atoms with Crippen LogP contribution in [0.2, 0.25) is 0 Å². The summed E-state index contributed by atoms with van der Waals surface area (Å²) >= 11 is 3.39. The van der Waals surface area contributed by atoms with Gasteiger partial charge in [-0.25, -0.2) is 4.79 Å². The first-order valence-corrected chi connectivity index (χ1v) is 5.72. The lowest BCUT2D eigenvalue weighted by molar-refractivity contribution is -0.131. The van der Waals surface area contributed by atoms with Crippen molar-refractivity contribution < 1.29 is 14.3 Å². The Balaban J connectivity index is 2.35. The summed E-state index contributed by atoms with van der Waals surface area (Å²) in [6, 6.07) is 11.3. The Morgan fingerprint density at radius 2 is 2.00 bits per heavy atom. The van der Waals surface area contributed by atoms with Crippen LogP contribution in [0.1, 0.15) is 5.76 Å². The monoisotopic (exact) mass is 292 g/mol. The molecule has 0 aliphatic heterocycles. The van der Waals surface area contributed by atoms with Gasteiger partial charge in [-0.05, 0) is 28.1 Å². The highest BCUT2D eigenvalue weighted by Crippen LogP contribution is 2.31. The van der Waals surface area contributed by atoms with Crippen molar-refractivity contribution in [1.82, 2.24) is 0 Å². The van der Waals surface area contributed by atoms with Crippen molar-refractivity contribution in [3.63, 3.8) is 0 Å². The van der Waals surface area contributed by atoms with Gasteiger partial charge in [-0.2, -0.15) is 0 Å². The fourth-order valence-electron chi connectivity index (χ4n) is 1.41. The number of benzene rings is 1. The number of carbonyl (C=O) groups is 1. The van der Waals surface area contributed by atoms with Crippen LogP contribution in [0.5, 0.6) is 0 Å². The van der Waals surface area contributed by atoms with E-state index in [-0.39, 0.29) is 0 Å². The van der Waals surface area contributed by atoms with Crippen LogP contribution in [-0.2, 0) is 4.79 Å². The van der Waals surface area contributed by atoms with Crippen molar-refractivity contribution in [2.24, 2.45) is 0 Å². The third-order valence-corrected chi connectivity index (χ3v) is 2.72. The van der Waals surface area contributed by atoms with Crippen molar-refractivity contribution in [2.75, 3.05) is 0 Å². The van der Waals surface area contributed by atoms with Crippen molar-refractivity contribution in [3.8, 4) is 11.3 Å². The molecule has 1 N–H and O–H groups in total. The second-order valence-corrected chi connectivity index (χ2v) is 4.22. The Morgan fingerprint density at radius 1 is 1.29 bits per heavy atom. The summed E-state index contributed by atoms with van der Waals surface area (Å²) in [6.45, 7) is 0. The summed E-state index contributed by atoms with van der Waals surface area (Å²) in [6.07, 6.45) is 2.46. The smallest absolute Gasteiger partial charge is 0.328 e. The van der Waals surface area contributed by atoms with Gasteiger partial charge in [-0.1, -0.05) is 30.3 Å². The molecular formula is C13H9BrO3. The highest BCUT2D eigenvalue weighted by Gasteiger charge is 2.09. The third-order valence-electron chi connectivity index (χ3n) is 2.13. The zero-order chi connectivity index (χ0) is 12.3. The summed E-state index contributed by atoms with van der Waals surface area (Å²) in [5.74, 6) is 0.188. The fraction of sp³-hybridized carbons (Fsp3) is 0. The molecule has 86 valence electrons. The van der Waals surface area contributed by atoms with Gasteiger partial charge in [-0.15, -0.1) is 0 Å². The lowest BCUT2D eigenvalue weighted by atomic mass is 10.2. The molecule has 0 unspecified atom stereocenters. The maximum absolute atomic E-state index is 10.4. The summed E-state index contributed by atoms with van der Waals surface area (Å²) in [5.41, 5.74) is 0.939. The van der Waals surface area contributed by atoms with Crippen molar-refractivity contribution in [1.29, 1.82) is 0 Å². The number of rotatable bonds is 3. The normalized spacial score (nSPS) is 10.9. The van der Waals surface area contributed by atoms with E-state index in [1.807, 2.05) is 30.3 Å². The summed E-state index contributed by atoms with van der Waals surface area (Å²) in [4.78, 5) is 10.4. The molecule has 1 aromatic heterocycles. The molecule has 0 aliphatic carbocycles. The summed E-state index contributed by atoms with van der Waals surface area (Å²) in [7, 11) is 0. The Labute approximate surface area is 107 Å². The zero-order valence-corrected chi connectivity index (χ0v) is 10.3. The molecule has 0 spiro atoms. The maximum Gasteiger partial charge on any atom is 0.328 e. The van der Waals surface area contributed by atoms with Crippen LogP contribution in [0, 0.1) is 0 Å². The van der Waals surface area contributed by atoms with E-state index in [1.54, 1.807) is 6.07 Å². The van der Waals surface area contributed by atoms with E-state index in [9.17, 15) is 4.79 Å². The summed E-state index contributed by atoms with van der Waals surface area (Å²) < 4.78 is 6.35. The fourth-order valence-corrected chi connectivity index (χ4v) is 1.94. The van der Waals surface area contributed by atoms with E-state index in [4.69, 9.17) is 9.52 Å². The van der Waals surface area contributed by atoms with E-state index in [2.05, 4.69) is 15.9 Å². The molecule has 4 heteroatoms. The SMILES string of the molecule is O=C(O)/C=C/c1cc(Br)c(-c2ccccc2)o1. The van der Waals surface area contributed by atoms with E-state index < -0.39 is 5.97 Å². The second-order valence-electron chi connectivity index (χ2n) is 3.36. The van der Waals surface area contributed by atoms with Gasteiger partial charge in [0.1, 0.15) is 11.5 Å². The number of hydrogen-bond donors (Lipinski definition) is 1. The molecule has 3 nitrogen and oxygen atoms in total. The number of furan rings is 1. The standard InChI is InChI=1S/C13H9BrO3/c14-11-8-10(6-7-12(15)16)17-13(11)9-4-2-1-3-5-9/h1-8H,(H,15,16)/b7-6+. The molecule has 2 aromatic rings. The average molecular weight is 293 g/mol. The number of hydrogen-bond acceptors (Lipinski definition) is 2. The van der Waals surface area contributed by atoms with Gasteiger partial charge >= 0.3 is 5.97 Å². The van der Waals surface area contributed by atoms with Crippen LogP contribution in [0.3, 0.4) is 0 Å². The molecule has 17 heavy (non-hydrogen) atoms. The van der Waals surface area contributed by atoms with E-state index in [0.717, 1.165) is 16.1 Å². The number of halogens is 1. The van der Waals surface area contributed by atoms with Crippen LogP contribution in [0.4, 0.5) is 0 Å².